The highest BCUT2D eigenvalue weighted by atomic mass is 15.0. The van der Waals surface area contributed by atoms with Crippen LogP contribution in [0.4, 0.5) is 0 Å². The zero-order valence-corrected chi connectivity index (χ0v) is 27.3. The number of rotatable bonds is 2. The van der Waals surface area contributed by atoms with Gasteiger partial charge in [0.2, 0.25) is 0 Å². The Morgan fingerprint density at radius 3 is 1.66 bits per heavy atom. The Balaban J connectivity index is 1.08. The number of fused-ring (bicyclic) bond motifs is 15. The molecule has 0 aliphatic heterocycles. The van der Waals surface area contributed by atoms with Gasteiger partial charge in [0.15, 0.2) is 0 Å². The summed E-state index contributed by atoms with van der Waals surface area (Å²) in [4.78, 5) is 0. The van der Waals surface area contributed by atoms with E-state index in [4.69, 9.17) is 0 Å². The Morgan fingerprint density at radius 1 is 0.380 bits per heavy atom. The molecule has 8 aromatic carbocycles. The van der Waals surface area contributed by atoms with Crippen molar-refractivity contribution in [2.24, 2.45) is 0 Å². The van der Waals surface area contributed by atoms with Gasteiger partial charge < -0.3 is 8.97 Å². The second-order valence-corrected chi connectivity index (χ2v) is 14.0. The van der Waals surface area contributed by atoms with E-state index >= 15 is 0 Å². The molecule has 3 aromatic heterocycles. The first kappa shape index (κ1) is 26.6. The van der Waals surface area contributed by atoms with Gasteiger partial charge in [0, 0.05) is 32.5 Å². The van der Waals surface area contributed by atoms with Crippen LogP contribution in [0.2, 0.25) is 0 Å². The number of aryl methyl sites for hydroxylation is 1. The van der Waals surface area contributed by atoms with Crippen molar-refractivity contribution in [2.45, 2.75) is 12.8 Å². The van der Waals surface area contributed by atoms with Crippen LogP contribution in [0.1, 0.15) is 12.0 Å². The maximum absolute atomic E-state index is 2.50. The summed E-state index contributed by atoms with van der Waals surface area (Å²) in [7, 11) is 0. The van der Waals surface area contributed by atoms with E-state index in [1.165, 1.54) is 109 Å². The fraction of sp³-hybridized carbons (Fsp3) is 0.0417. The fourth-order valence-corrected chi connectivity index (χ4v) is 9.38. The van der Waals surface area contributed by atoms with Gasteiger partial charge >= 0.3 is 0 Å². The summed E-state index contributed by atoms with van der Waals surface area (Å²) in [5.74, 6) is 0. The van der Waals surface area contributed by atoms with Crippen molar-refractivity contribution in [3.8, 4) is 16.8 Å². The molecule has 232 valence electrons. The summed E-state index contributed by atoms with van der Waals surface area (Å²) in [6.45, 7) is 0. The first-order valence-electron chi connectivity index (χ1n) is 17.7. The Labute approximate surface area is 287 Å². The molecule has 1 aliphatic carbocycles. The standard InChI is InChI=1S/C48H30N2/c1-2-12-34-32(10-1)33-11-3-4-13-35(33)41-28-31(22-23-36(34)41)49-44-18-7-6-15-38(44)42-26-29(20-24-46(42)49)30-21-25-47-43(27-30)40-17-9-16-39-37-14-5-8-19-45(37)50(47)48(39)40/h1-8,10-16,18-28H,9,17H2. The van der Waals surface area contributed by atoms with Crippen molar-refractivity contribution in [1.82, 2.24) is 8.97 Å². The third kappa shape index (κ3) is 3.38. The number of hydrogen-bond donors (Lipinski definition) is 0. The minimum Gasteiger partial charge on any atom is -0.309 e. The molecule has 0 fully saturated rings. The Bertz CT molecular complexity index is 3280. The van der Waals surface area contributed by atoms with Crippen LogP contribution in [0.5, 0.6) is 0 Å². The molecule has 0 bridgehead atoms. The predicted molar refractivity (Wildman–Crippen MR) is 213 cm³/mol. The summed E-state index contributed by atoms with van der Waals surface area (Å²) in [6.07, 6.45) is 4.61. The van der Waals surface area contributed by atoms with Gasteiger partial charge in [-0.1, -0.05) is 109 Å². The number of para-hydroxylation sites is 2. The maximum atomic E-state index is 2.50. The maximum Gasteiger partial charge on any atom is 0.0576 e. The average molecular weight is 635 g/mol. The third-order valence-electron chi connectivity index (χ3n) is 11.5. The summed E-state index contributed by atoms with van der Waals surface area (Å²) in [5, 5.41) is 14.5. The van der Waals surface area contributed by atoms with Crippen LogP contribution >= 0.6 is 0 Å². The minimum absolute atomic E-state index is 1.09. The Kier molecular flexibility index (Phi) is 5.11. The van der Waals surface area contributed by atoms with Gasteiger partial charge in [-0.3, -0.25) is 0 Å². The molecule has 50 heavy (non-hydrogen) atoms. The molecular weight excluding hydrogens is 605 g/mol. The number of benzene rings is 8. The van der Waals surface area contributed by atoms with Crippen molar-refractivity contribution in [3.63, 3.8) is 0 Å². The average Bonchev–Trinajstić information content (AvgIpc) is 3.82. The summed E-state index contributed by atoms with van der Waals surface area (Å²) in [6, 6.07) is 56.6. The van der Waals surface area contributed by atoms with Crippen LogP contribution in [0.3, 0.4) is 0 Å². The molecule has 0 spiro atoms. The monoisotopic (exact) mass is 634 g/mol. The molecule has 0 saturated carbocycles. The molecule has 11 aromatic rings. The molecule has 3 heterocycles. The highest BCUT2D eigenvalue weighted by Gasteiger charge is 2.21. The van der Waals surface area contributed by atoms with E-state index in [9.17, 15) is 0 Å². The lowest BCUT2D eigenvalue weighted by Gasteiger charge is -2.14. The van der Waals surface area contributed by atoms with Crippen molar-refractivity contribution in [1.29, 1.82) is 0 Å². The van der Waals surface area contributed by atoms with E-state index in [1.807, 2.05) is 0 Å². The zero-order valence-electron chi connectivity index (χ0n) is 27.3. The first-order chi connectivity index (χ1) is 24.8. The third-order valence-corrected chi connectivity index (χ3v) is 11.5. The molecule has 2 heteroatoms. The molecule has 0 atom stereocenters. The van der Waals surface area contributed by atoms with Crippen LogP contribution in [0, 0.1) is 0 Å². The predicted octanol–water partition coefficient (Wildman–Crippen LogP) is 11.9. The molecule has 0 N–H and O–H groups in total. The van der Waals surface area contributed by atoms with E-state index < -0.39 is 0 Å². The summed E-state index contributed by atoms with van der Waals surface area (Å²) >= 11 is 0. The number of aromatic nitrogens is 2. The number of hydrogen-bond acceptors (Lipinski definition) is 0. The van der Waals surface area contributed by atoms with Crippen LogP contribution in [-0.4, -0.2) is 8.97 Å². The zero-order chi connectivity index (χ0) is 32.5. The molecule has 1 aliphatic rings. The van der Waals surface area contributed by atoms with Gasteiger partial charge in [0.25, 0.3) is 0 Å². The van der Waals surface area contributed by atoms with Gasteiger partial charge in [-0.05, 0) is 110 Å². The summed E-state index contributed by atoms with van der Waals surface area (Å²) < 4.78 is 4.95. The lowest BCUT2D eigenvalue weighted by atomic mass is 9.94. The van der Waals surface area contributed by atoms with Gasteiger partial charge in [0.05, 0.1) is 27.6 Å². The van der Waals surface area contributed by atoms with Crippen molar-refractivity contribution in [3.05, 3.63) is 162 Å². The van der Waals surface area contributed by atoms with E-state index in [1.54, 1.807) is 0 Å². The van der Waals surface area contributed by atoms with Gasteiger partial charge in [-0.15, -0.1) is 0 Å². The normalized spacial score (nSPS) is 13.2. The molecule has 0 amide bonds. The smallest absolute Gasteiger partial charge is 0.0576 e. The molecular formula is C48H30N2. The second kappa shape index (κ2) is 9.62. The lowest BCUT2D eigenvalue weighted by molar-refractivity contribution is 1.05. The van der Waals surface area contributed by atoms with Crippen molar-refractivity contribution >= 4 is 87.5 Å². The van der Waals surface area contributed by atoms with E-state index in [0.717, 1.165) is 12.8 Å². The van der Waals surface area contributed by atoms with Crippen LogP contribution in [-0.2, 0) is 6.42 Å². The van der Waals surface area contributed by atoms with Crippen LogP contribution in [0.15, 0.2) is 152 Å². The van der Waals surface area contributed by atoms with E-state index in [0.29, 0.717) is 0 Å². The largest absolute Gasteiger partial charge is 0.309 e. The molecule has 0 saturated heterocycles. The molecule has 2 nitrogen and oxygen atoms in total. The molecule has 0 unspecified atom stereocenters. The molecule has 12 rings (SSSR count). The topological polar surface area (TPSA) is 9.34 Å². The quantitative estimate of drug-likeness (QED) is 0.167. The minimum atomic E-state index is 1.09. The van der Waals surface area contributed by atoms with Gasteiger partial charge in [-0.25, -0.2) is 0 Å². The SMILES string of the molecule is C1=c2c3ccccc3n3c2c(c2cc(-c4ccc5c(c4)c4ccccc4n5-c4ccc5c6ccccc6c6ccccc6c5c4)ccc23)CC1. The van der Waals surface area contributed by atoms with Crippen LogP contribution in [0.25, 0.3) is 104 Å². The Hall–Kier alpha value is -6.38. The van der Waals surface area contributed by atoms with E-state index in [2.05, 4.69) is 167 Å². The van der Waals surface area contributed by atoms with Gasteiger partial charge in [0.1, 0.15) is 0 Å². The first-order valence-corrected chi connectivity index (χ1v) is 17.7. The summed E-state index contributed by atoms with van der Waals surface area (Å²) in [5.41, 5.74) is 11.7. The highest BCUT2D eigenvalue weighted by Crippen LogP contribution is 2.40. The highest BCUT2D eigenvalue weighted by molar-refractivity contribution is 6.25. The van der Waals surface area contributed by atoms with Crippen molar-refractivity contribution in [2.75, 3.05) is 0 Å². The van der Waals surface area contributed by atoms with Gasteiger partial charge in [-0.2, -0.15) is 0 Å². The van der Waals surface area contributed by atoms with Crippen LogP contribution < -0.4 is 5.22 Å². The second-order valence-electron chi connectivity index (χ2n) is 14.0. The molecule has 0 radical (unpaired) electrons. The fourth-order valence-electron chi connectivity index (χ4n) is 9.38. The lowest BCUT2D eigenvalue weighted by Crippen LogP contribution is -2.05. The van der Waals surface area contributed by atoms with Crippen molar-refractivity contribution < 1.29 is 0 Å². The number of nitrogens with zero attached hydrogens (tertiary/aromatic N) is 2. The Morgan fingerprint density at radius 2 is 0.920 bits per heavy atom. The van der Waals surface area contributed by atoms with E-state index in [-0.39, 0.29) is 0 Å².